The molecule has 3 aromatic heterocycles. The average molecular weight is 859 g/mol. The van der Waals surface area contributed by atoms with Gasteiger partial charge in [0.1, 0.15) is 11.3 Å². The van der Waals surface area contributed by atoms with Gasteiger partial charge in [-0.15, -0.1) is 0 Å². The highest BCUT2D eigenvalue weighted by Crippen LogP contribution is 2.43. The SMILES string of the molecule is C=C(Nc1ccccc1-c1ccccc1)/C(=C\c1cc2ccc3c4cc(-n5c6ccccc6c6ccccc65)c(-c5ccccc5)cc4oc3c2o1)C1=CC=CC=I1. The Morgan fingerprint density at radius 3 is 1.98 bits per heavy atom. The molecule has 1 aliphatic heterocycles. The van der Waals surface area contributed by atoms with E-state index in [0.29, 0.717) is 0 Å². The quantitative estimate of drug-likeness (QED) is 0.122. The zero-order chi connectivity index (χ0) is 38.6. The van der Waals surface area contributed by atoms with Crippen LogP contribution in [-0.4, -0.2) is 8.58 Å². The summed E-state index contributed by atoms with van der Waals surface area (Å²) in [6.07, 6.45) is 8.56. The molecule has 0 aliphatic carbocycles. The van der Waals surface area contributed by atoms with Gasteiger partial charge < -0.3 is 18.7 Å². The van der Waals surface area contributed by atoms with Crippen LogP contribution in [0.3, 0.4) is 0 Å². The number of anilines is 1. The molecule has 4 nitrogen and oxygen atoms in total. The summed E-state index contributed by atoms with van der Waals surface area (Å²) >= 11 is -0.367. The molecule has 276 valence electrons. The third-order valence-electron chi connectivity index (χ3n) is 10.9. The lowest BCUT2D eigenvalue weighted by Gasteiger charge is -2.17. The molecular weight excluding hydrogens is 823 g/mol. The van der Waals surface area contributed by atoms with Crippen molar-refractivity contribution in [1.29, 1.82) is 0 Å². The number of nitrogens with zero attached hydrogens (tertiary/aromatic N) is 1. The van der Waals surface area contributed by atoms with E-state index < -0.39 is 0 Å². The number of hydrogen-bond donors (Lipinski definition) is 1. The maximum absolute atomic E-state index is 6.82. The Morgan fingerprint density at radius 1 is 0.586 bits per heavy atom. The number of nitrogens with one attached hydrogen (secondary N) is 1. The minimum Gasteiger partial charge on any atom is -0.453 e. The third-order valence-corrected chi connectivity index (χ3v) is 13.3. The summed E-state index contributed by atoms with van der Waals surface area (Å²) in [5.41, 5.74) is 13.0. The fourth-order valence-corrected chi connectivity index (χ4v) is 10.3. The molecule has 0 atom stereocenters. The van der Waals surface area contributed by atoms with Crippen molar-refractivity contribution in [2.75, 3.05) is 5.32 Å². The third kappa shape index (κ3) is 5.85. The van der Waals surface area contributed by atoms with Gasteiger partial charge in [0.15, 0.2) is 11.2 Å². The summed E-state index contributed by atoms with van der Waals surface area (Å²) in [5.74, 6) is 0.743. The molecule has 0 spiro atoms. The summed E-state index contributed by atoms with van der Waals surface area (Å²) in [7, 11) is 0. The van der Waals surface area contributed by atoms with E-state index in [-0.39, 0.29) is 20.7 Å². The van der Waals surface area contributed by atoms with Crippen molar-refractivity contribution in [1.82, 2.24) is 4.57 Å². The van der Waals surface area contributed by atoms with Crippen molar-refractivity contribution in [2.45, 2.75) is 0 Å². The summed E-state index contributed by atoms with van der Waals surface area (Å²) in [6.45, 7) is 4.59. The van der Waals surface area contributed by atoms with Crippen LogP contribution in [0.2, 0.25) is 0 Å². The van der Waals surface area contributed by atoms with E-state index in [4.69, 9.17) is 8.83 Å². The van der Waals surface area contributed by atoms with Gasteiger partial charge in [0.25, 0.3) is 0 Å². The first-order chi connectivity index (χ1) is 28.7. The number of fused-ring (bicyclic) bond motifs is 8. The van der Waals surface area contributed by atoms with E-state index in [1.807, 2.05) is 6.07 Å². The van der Waals surface area contributed by atoms with Crippen LogP contribution in [0.4, 0.5) is 5.69 Å². The highest BCUT2D eigenvalue weighted by molar-refractivity contribution is 14.2. The number of para-hydroxylation sites is 3. The molecule has 0 bridgehead atoms. The summed E-state index contributed by atoms with van der Waals surface area (Å²) < 4.78 is 19.5. The largest absolute Gasteiger partial charge is 0.453 e. The minimum atomic E-state index is -0.367. The van der Waals surface area contributed by atoms with Gasteiger partial charge in [-0.3, -0.25) is 0 Å². The molecule has 4 heterocycles. The number of furan rings is 2. The molecule has 0 fully saturated rings. The van der Waals surface area contributed by atoms with Gasteiger partial charge >= 0.3 is 0 Å². The summed E-state index contributed by atoms with van der Waals surface area (Å²) in [4.78, 5) is 0. The molecule has 0 saturated carbocycles. The molecule has 10 aromatic rings. The van der Waals surface area contributed by atoms with Crippen molar-refractivity contribution in [3.8, 4) is 27.9 Å². The van der Waals surface area contributed by atoms with Crippen LogP contribution in [0, 0.1) is 0 Å². The first-order valence-electron chi connectivity index (χ1n) is 19.3. The van der Waals surface area contributed by atoms with E-state index in [0.717, 1.165) is 94.6 Å². The van der Waals surface area contributed by atoms with Crippen molar-refractivity contribution < 1.29 is 8.83 Å². The first-order valence-corrected chi connectivity index (χ1v) is 21.6. The number of allylic oxidation sites excluding steroid dienone is 4. The maximum atomic E-state index is 6.82. The smallest absolute Gasteiger partial charge is 0.178 e. The zero-order valence-electron chi connectivity index (χ0n) is 31.3. The summed E-state index contributed by atoms with van der Waals surface area (Å²) in [6, 6.07) is 57.6. The van der Waals surface area contributed by atoms with Gasteiger partial charge in [-0.25, -0.2) is 0 Å². The van der Waals surface area contributed by atoms with Crippen molar-refractivity contribution >= 4 is 91.2 Å². The Bertz CT molecular complexity index is 3320. The highest BCUT2D eigenvalue weighted by Gasteiger charge is 2.21. The fourth-order valence-electron chi connectivity index (χ4n) is 8.28. The lowest BCUT2D eigenvalue weighted by atomic mass is 10.0. The number of rotatable bonds is 8. The minimum absolute atomic E-state index is 0.367. The van der Waals surface area contributed by atoms with Crippen molar-refractivity contribution in [3.63, 3.8) is 0 Å². The molecule has 7 aromatic carbocycles. The molecule has 5 heteroatoms. The molecule has 0 radical (unpaired) electrons. The molecule has 0 unspecified atom stereocenters. The predicted octanol–water partition coefficient (Wildman–Crippen LogP) is 15.0. The van der Waals surface area contributed by atoms with E-state index in [9.17, 15) is 0 Å². The lowest BCUT2D eigenvalue weighted by molar-refractivity contribution is 0.590. The van der Waals surface area contributed by atoms with E-state index in [2.05, 4.69) is 203 Å². The van der Waals surface area contributed by atoms with Gasteiger partial charge in [-0.05, 0) is 69.8 Å². The van der Waals surface area contributed by atoms with Crippen LogP contribution in [0.1, 0.15) is 5.76 Å². The number of hydrogen-bond acceptors (Lipinski definition) is 3. The Kier molecular flexibility index (Phi) is 8.40. The molecule has 0 amide bonds. The molecule has 1 aliphatic rings. The van der Waals surface area contributed by atoms with Gasteiger partial charge in [-0.2, -0.15) is 0 Å². The monoisotopic (exact) mass is 858 g/mol. The molecule has 11 rings (SSSR count). The van der Waals surface area contributed by atoms with Gasteiger partial charge in [0.05, 0.1) is 16.7 Å². The van der Waals surface area contributed by atoms with Gasteiger partial charge in [-0.1, -0.05) is 161 Å². The van der Waals surface area contributed by atoms with Gasteiger partial charge in [0, 0.05) is 58.6 Å². The molecule has 0 saturated heterocycles. The average Bonchev–Trinajstić information content (AvgIpc) is 3.97. The Labute approximate surface area is 345 Å². The zero-order valence-corrected chi connectivity index (χ0v) is 33.5. The number of aromatic nitrogens is 1. The van der Waals surface area contributed by atoms with Gasteiger partial charge in [0.2, 0.25) is 0 Å². The standard InChI is InChI=1S/C53H35IN2O2/c1-34(55-47-24-11-8-20-39(47)35-16-4-2-5-17-35)43(46-23-14-15-29-54-46)31-38-30-37-27-28-42-45-32-50(56-48-25-12-9-21-40(48)41-22-10-13-26-49(41)56)44(36-18-6-3-7-19-36)33-51(45)58-53(42)52(37)57-38/h2-33,55H,1H2/b43-31+. The fraction of sp³-hybridized carbons (Fsp3) is 0. The Balaban J connectivity index is 1.06. The number of benzene rings is 7. The maximum Gasteiger partial charge on any atom is 0.178 e. The number of halogens is 1. The van der Waals surface area contributed by atoms with E-state index >= 15 is 0 Å². The Morgan fingerprint density at radius 2 is 1.26 bits per heavy atom. The summed E-state index contributed by atoms with van der Waals surface area (Å²) in [5, 5.41) is 9.16. The predicted molar refractivity (Wildman–Crippen MR) is 253 cm³/mol. The lowest BCUT2D eigenvalue weighted by Crippen LogP contribution is -2.03. The second-order valence-electron chi connectivity index (χ2n) is 14.4. The van der Waals surface area contributed by atoms with Crippen molar-refractivity contribution in [3.05, 3.63) is 209 Å². The van der Waals surface area contributed by atoms with Crippen LogP contribution in [0.15, 0.2) is 212 Å². The van der Waals surface area contributed by atoms with E-state index in [1.165, 1.54) is 14.4 Å². The highest BCUT2D eigenvalue weighted by atomic mass is 127. The second kappa shape index (κ2) is 14.2. The first kappa shape index (κ1) is 34.3. The van der Waals surface area contributed by atoms with Crippen LogP contribution in [0.25, 0.3) is 88.7 Å². The van der Waals surface area contributed by atoms with Crippen LogP contribution in [0.5, 0.6) is 0 Å². The normalized spacial score (nSPS) is 13.1. The molecule has 1 N–H and O–H groups in total. The van der Waals surface area contributed by atoms with Crippen LogP contribution >= 0.6 is 20.7 Å². The molecular formula is C53H35IN2O2. The topological polar surface area (TPSA) is 43.2 Å². The van der Waals surface area contributed by atoms with Crippen LogP contribution in [-0.2, 0) is 0 Å². The van der Waals surface area contributed by atoms with E-state index in [1.54, 1.807) is 0 Å². The second-order valence-corrected chi connectivity index (χ2v) is 16.9. The molecule has 58 heavy (non-hydrogen) atoms. The Hall–Kier alpha value is -6.96. The van der Waals surface area contributed by atoms with Crippen molar-refractivity contribution in [2.24, 2.45) is 0 Å². The van der Waals surface area contributed by atoms with Crippen LogP contribution < -0.4 is 5.32 Å².